The van der Waals surface area contributed by atoms with Gasteiger partial charge in [-0.1, -0.05) is 32.1 Å². The van der Waals surface area contributed by atoms with Gasteiger partial charge in [-0.25, -0.2) is 4.98 Å². The molecule has 0 aliphatic heterocycles. The zero-order chi connectivity index (χ0) is 14.2. The van der Waals surface area contributed by atoms with Crippen LogP contribution in [0.2, 0.25) is 0 Å². The number of rotatable bonds is 2. The summed E-state index contributed by atoms with van der Waals surface area (Å²) in [5.41, 5.74) is 3.43. The van der Waals surface area contributed by atoms with Crippen molar-refractivity contribution in [2.24, 2.45) is 5.41 Å². The lowest BCUT2D eigenvalue weighted by Crippen LogP contribution is -2.19. The number of hydrogen-bond donors (Lipinski definition) is 1. The van der Waals surface area contributed by atoms with Crippen LogP contribution < -0.4 is 5.32 Å². The second-order valence-corrected chi connectivity index (χ2v) is 7.24. The molecule has 0 fully saturated rings. The highest BCUT2D eigenvalue weighted by atomic mass is 32.1. The fourth-order valence-corrected chi connectivity index (χ4v) is 2.84. The summed E-state index contributed by atoms with van der Waals surface area (Å²) in [4.78, 5) is 16.4. The molecular weight excluding hydrogens is 256 g/mol. The van der Waals surface area contributed by atoms with Crippen molar-refractivity contribution >= 4 is 32.6 Å². The van der Waals surface area contributed by atoms with Crippen LogP contribution in [0.5, 0.6) is 0 Å². The lowest BCUT2D eigenvalue weighted by molar-refractivity contribution is -0.117. The molecule has 1 aromatic carbocycles. The number of aromatic nitrogens is 1. The third kappa shape index (κ3) is 3.53. The van der Waals surface area contributed by atoms with Crippen LogP contribution in [-0.2, 0) is 4.79 Å². The van der Waals surface area contributed by atoms with Gasteiger partial charge in [-0.2, -0.15) is 0 Å². The van der Waals surface area contributed by atoms with Crippen molar-refractivity contribution in [3.8, 4) is 0 Å². The Morgan fingerprint density at radius 2 is 1.89 bits per heavy atom. The number of nitrogens with one attached hydrogen (secondary N) is 1. The van der Waals surface area contributed by atoms with Crippen LogP contribution in [0.15, 0.2) is 12.1 Å². The minimum atomic E-state index is -0.00601. The standard InChI is InChI=1S/C15H20N2OS/c1-9-6-11-12(7-10(9)2)19-14(16-11)17-13(18)8-15(3,4)5/h6-7H,8H2,1-5H3,(H,16,17,18). The lowest BCUT2D eigenvalue weighted by Gasteiger charge is -2.16. The maximum atomic E-state index is 11.9. The molecule has 3 nitrogen and oxygen atoms in total. The van der Waals surface area contributed by atoms with Crippen molar-refractivity contribution in [1.29, 1.82) is 0 Å². The maximum absolute atomic E-state index is 11.9. The van der Waals surface area contributed by atoms with E-state index in [0.717, 1.165) is 10.2 Å². The highest BCUT2D eigenvalue weighted by Gasteiger charge is 2.17. The number of carbonyl (C=O) groups is 1. The number of hydrogen-bond acceptors (Lipinski definition) is 3. The number of amides is 1. The zero-order valence-corrected chi connectivity index (χ0v) is 12.9. The first kappa shape index (κ1) is 14.0. The Balaban J connectivity index is 2.20. The van der Waals surface area contributed by atoms with Crippen molar-refractivity contribution < 1.29 is 4.79 Å². The number of benzene rings is 1. The first-order valence-corrected chi connectivity index (χ1v) is 7.24. The molecule has 0 saturated carbocycles. The summed E-state index contributed by atoms with van der Waals surface area (Å²) < 4.78 is 1.12. The number of fused-ring (bicyclic) bond motifs is 1. The van der Waals surface area contributed by atoms with Gasteiger partial charge < -0.3 is 5.32 Å². The van der Waals surface area contributed by atoms with Gasteiger partial charge >= 0.3 is 0 Å². The second kappa shape index (κ2) is 4.93. The first-order valence-electron chi connectivity index (χ1n) is 6.42. The van der Waals surface area contributed by atoms with E-state index in [2.05, 4.69) is 57.1 Å². The summed E-state index contributed by atoms with van der Waals surface area (Å²) in [5.74, 6) is 0.0278. The minimum Gasteiger partial charge on any atom is -0.302 e. The van der Waals surface area contributed by atoms with Crippen LogP contribution in [0, 0.1) is 19.3 Å². The SMILES string of the molecule is Cc1cc2nc(NC(=O)CC(C)(C)C)sc2cc1C. The quantitative estimate of drug-likeness (QED) is 0.889. The lowest BCUT2D eigenvalue weighted by atomic mass is 9.92. The molecule has 102 valence electrons. The highest BCUT2D eigenvalue weighted by molar-refractivity contribution is 7.22. The van der Waals surface area contributed by atoms with E-state index < -0.39 is 0 Å². The highest BCUT2D eigenvalue weighted by Crippen LogP contribution is 2.29. The summed E-state index contributed by atoms with van der Waals surface area (Å²) in [6.07, 6.45) is 0.501. The van der Waals surface area contributed by atoms with E-state index in [4.69, 9.17) is 0 Å². The van der Waals surface area contributed by atoms with Crippen molar-refractivity contribution in [2.45, 2.75) is 41.0 Å². The summed E-state index contributed by atoms with van der Waals surface area (Å²) >= 11 is 1.53. The third-order valence-electron chi connectivity index (χ3n) is 2.94. The molecular formula is C15H20N2OS. The van der Waals surface area contributed by atoms with E-state index in [9.17, 15) is 4.79 Å². The van der Waals surface area contributed by atoms with Gasteiger partial charge in [0.05, 0.1) is 10.2 Å². The average Bonchev–Trinajstić information content (AvgIpc) is 2.56. The van der Waals surface area contributed by atoms with Gasteiger partial charge in [-0.05, 0) is 42.5 Å². The molecule has 0 aliphatic carbocycles. The fourth-order valence-electron chi connectivity index (χ4n) is 1.88. The van der Waals surface area contributed by atoms with Crippen molar-refractivity contribution in [3.63, 3.8) is 0 Å². The maximum Gasteiger partial charge on any atom is 0.226 e. The second-order valence-electron chi connectivity index (χ2n) is 6.21. The van der Waals surface area contributed by atoms with E-state index >= 15 is 0 Å². The summed E-state index contributed by atoms with van der Waals surface area (Å²) in [6.45, 7) is 10.3. The van der Waals surface area contributed by atoms with Gasteiger partial charge in [0.15, 0.2) is 5.13 Å². The van der Waals surface area contributed by atoms with Gasteiger partial charge in [-0.3, -0.25) is 4.79 Å². The fraction of sp³-hybridized carbons (Fsp3) is 0.467. The van der Waals surface area contributed by atoms with Crippen LogP contribution in [-0.4, -0.2) is 10.9 Å². The summed E-state index contributed by atoms with van der Waals surface area (Å²) in [7, 11) is 0. The Bertz CT molecular complexity index is 584. The van der Waals surface area contributed by atoms with Gasteiger partial charge in [-0.15, -0.1) is 0 Å². The zero-order valence-electron chi connectivity index (χ0n) is 12.1. The van der Waals surface area contributed by atoms with E-state index in [1.165, 1.54) is 22.5 Å². The predicted octanol–water partition coefficient (Wildman–Crippen LogP) is 4.29. The molecule has 0 atom stereocenters. The molecule has 0 bridgehead atoms. The van der Waals surface area contributed by atoms with Crippen molar-refractivity contribution in [2.75, 3.05) is 5.32 Å². The van der Waals surface area contributed by atoms with Gasteiger partial charge in [0.2, 0.25) is 5.91 Å². The molecule has 0 spiro atoms. The van der Waals surface area contributed by atoms with E-state index in [0.29, 0.717) is 11.6 Å². The molecule has 0 aliphatic rings. The number of thiazole rings is 1. The average molecular weight is 276 g/mol. The van der Waals surface area contributed by atoms with Crippen molar-refractivity contribution in [1.82, 2.24) is 4.98 Å². The summed E-state index contributed by atoms with van der Waals surface area (Å²) in [5, 5.41) is 3.58. The molecule has 1 heterocycles. The minimum absolute atomic E-state index is 0.00601. The van der Waals surface area contributed by atoms with Crippen LogP contribution >= 0.6 is 11.3 Å². The Labute approximate surface area is 118 Å². The summed E-state index contributed by atoms with van der Waals surface area (Å²) in [6, 6.07) is 4.20. The Hall–Kier alpha value is -1.42. The Kier molecular flexibility index (Phi) is 3.63. The molecule has 0 saturated heterocycles. The van der Waals surface area contributed by atoms with E-state index in [1.807, 2.05) is 0 Å². The third-order valence-corrected chi connectivity index (χ3v) is 3.87. The topological polar surface area (TPSA) is 42.0 Å². The van der Waals surface area contributed by atoms with Gasteiger partial charge in [0.1, 0.15) is 0 Å². The van der Waals surface area contributed by atoms with Crippen LogP contribution in [0.4, 0.5) is 5.13 Å². The number of nitrogens with zero attached hydrogens (tertiary/aromatic N) is 1. The molecule has 2 rings (SSSR count). The molecule has 0 radical (unpaired) electrons. The Morgan fingerprint density at radius 3 is 2.53 bits per heavy atom. The molecule has 0 unspecified atom stereocenters. The van der Waals surface area contributed by atoms with Gasteiger partial charge in [0.25, 0.3) is 0 Å². The first-order chi connectivity index (χ1) is 8.74. The van der Waals surface area contributed by atoms with Crippen LogP contribution in [0.1, 0.15) is 38.3 Å². The number of carbonyl (C=O) groups excluding carboxylic acids is 1. The Morgan fingerprint density at radius 1 is 1.26 bits per heavy atom. The van der Waals surface area contributed by atoms with Crippen molar-refractivity contribution in [3.05, 3.63) is 23.3 Å². The molecule has 19 heavy (non-hydrogen) atoms. The molecule has 4 heteroatoms. The monoisotopic (exact) mass is 276 g/mol. The molecule has 2 aromatic rings. The number of aryl methyl sites for hydroxylation is 2. The largest absolute Gasteiger partial charge is 0.302 e. The molecule has 1 aromatic heterocycles. The number of anilines is 1. The van der Waals surface area contributed by atoms with Crippen LogP contribution in [0.3, 0.4) is 0 Å². The normalized spacial score (nSPS) is 11.8. The molecule has 1 amide bonds. The predicted molar refractivity (Wildman–Crippen MR) is 81.8 cm³/mol. The van der Waals surface area contributed by atoms with E-state index in [1.54, 1.807) is 0 Å². The van der Waals surface area contributed by atoms with Gasteiger partial charge in [0, 0.05) is 6.42 Å². The van der Waals surface area contributed by atoms with E-state index in [-0.39, 0.29) is 11.3 Å². The van der Waals surface area contributed by atoms with Crippen LogP contribution in [0.25, 0.3) is 10.2 Å². The molecule has 1 N–H and O–H groups in total. The smallest absolute Gasteiger partial charge is 0.226 e.